The van der Waals surface area contributed by atoms with Crippen molar-refractivity contribution >= 4 is 10.8 Å². The second-order valence-electron chi connectivity index (χ2n) is 4.72. The first-order valence-corrected chi connectivity index (χ1v) is 5.65. The topological polar surface area (TPSA) is 0 Å². The predicted octanol–water partition coefficient (Wildman–Crippen LogP) is 4.35. The monoisotopic (exact) mass is 198 g/mol. The van der Waals surface area contributed by atoms with Crippen molar-refractivity contribution in [3.05, 3.63) is 47.5 Å². The van der Waals surface area contributed by atoms with E-state index in [1.807, 2.05) is 0 Å². The molecule has 0 bridgehead atoms. The van der Waals surface area contributed by atoms with Crippen molar-refractivity contribution in [1.82, 2.24) is 0 Å². The van der Waals surface area contributed by atoms with Crippen molar-refractivity contribution in [2.45, 2.75) is 27.2 Å². The molecule has 0 heteroatoms. The summed E-state index contributed by atoms with van der Waals surface area (Å²) in [6, 6.07) is 13.2. The lowest BCUT2D eigenvalue weighted by molar-refractivity contribution is 0.645. The zero-order valence-electron chi connectivity index (χ0n) is 9.75. The van der Waals surface area contributed by atoms with Crippen LogP contribution in [-0.2, 0) is 6.42 Å². The summed E-state index contributed by atoms with van der Waals surface area (Å²) in [4.78, 5) is 0. The average molecular weight is 198 g/mol. The number of benzene rings is 2. The number of rotatable bonds is 2. The Kier molecular flexibility index (Phi) is 2.77. The fourth-order valence-electron chi connectivity index (χ4n) is 2.06. The fraction of sp³-hybridized carbons (Fsp3) is 0.333. The largest absolute Gasteiger partial charge is 0.0625 e. The van der Waals surface area contributed by atoms with Gasteiger partial charge in [-0.1, -0.05) is 50.2 Å². The van der Waals surface area contributed by atoms with Gasteiger partial charge in [-0.3, -0.25) is 0 Å². The normalized spacial score (nSPS) is 11.2. The van der Waals surface area contributed by atoms with Gasteiger partial charge in [0.2, 0.25) is 0 Å². The van der Waals surface area contributed by atoms with E-state index >= 15 is 0 Å². The lowest BCUT2D eigenvalue weighted by Gasteiger charge is -2.10. The maximum atomic E-state index is 2.34. The van der Waals surface area contributed by atoms with E-state index < -0.39 is 0 Å². The van der Waals surface area contributed by atoms with Crippen LogP contribution in [0, 0.1) is 12.8 Å². The standard InChI is InChI=1S/C15H18/c1-11(2)8-15-10-14-7-5-4-6-13(14)9-12(15)3/h4-7,9-11H,8H2,1-3H3. The van der Waals surface area contributed by atoms with Gasteiger partial charge in [0.25, 0.3) is 0 Å². The number of hydrogen-bond donors (Lipinski definition) is 0. The Hall–Kier alpha value is -1.30. The van der Waals surface area contributed by atoms with Crippen LogP contribution in [0.5, 0.6) is 0 Å². The Morgan fingerprint density at radius 1 is 1.00 bits per heavy atom. The van der Waals surface area contributed by atoms with E-state index in [0.717, 1.165) is 5.92 Å². The lowest BCUT2D eigenvalue weighted by atomic mass is 9.95. The Bertz CT molecular complexity index is 466. The summed E-state index contributed by atoms with van der Waals surface area (Å²) in [6.07, 6.45) is 1.18. The van der Waals surface area contributed by atoms with Crippen LogP contribution in [0.2, 0.25) is 0 Å². The summed E-state index contributed by atoms with van der Waals surface area (Å²) in [5.74, 6) is 0.727. The SMILES string of the molecule is Cc1cc2ccccc2cc1CC(C)C. The molecule has 0 saturated heterocycles. The highest BCUT2D eigenvalue weighted by molar-refractivity contribution is 5.84. The molecule has 0 N–H and O–H groups in total. The van der Waals surface area contributed by atoms with E-state index in [2.05, 4.69) is 57.2 Å². The smallest absolute Gasteiger partial charge is 0.0181 e. The van der Waals surface area contributed by atoms with Crippen molar-refractivity contribution < 1.29 is 0 Å². The first-order chi connectivity index (χ1) is 7.16. The molecule has 0 atom stereocenters. The second-order valence-corrected chi connectivity index (χ2v) is 4.72. The molecular weight excluding hydrogens is 180 g/mol. The zero-order chi connectivity index (χ0) is 10.8. The van der Waals surface area contributed by atoms with Gasteiger partial charge < -0.3 is 0 Å². The quantitative estimate of drug-likeness (QED) is 0.673. The molecule has 0 fully saturated rings. The van der Waals surface area contributed by atoms with E-state index in [9.17, 15) is 0 Å². The van der Waals surface area contributed by atoms with Crippen LogP contribution in [0.1, 0.15) is 25.0 Å². The second kappa shape index (κ2) is 4.06. The Morgan fingerprint density at radius 2 is 1.60 bits per heavy atom. The van der Waals surface area contributed by atoms with Crippen molar-refractivity contribution in [3.63, 3.8) is 0 Å². The molecule has 0 heterocycles. The van der Waals surface area contributed by atoms with Gasteiger partial charge in [0.15, 0.2) is 0 Å². The van der Waals surface area contributed by atoms with Crippen molar-refractivity contribution in [2.75, 3.05) is 0 Å². The molecule has 0 saturated carbocycles. The van der Waals surface area contributed by atoms with E-state index in [0.29, 0.717) is 0 Å². The molecule has 0 aliphatic carbocycles. The number of fused-ring (bicyclic) bond motifs is 1. The Morgan fingerprint density at radius 3 is 2.20 bits per heavy atom. The van der Waals surface area contributed by atoms with Gasteiger partial charge in [0, 0.05) is 0 Å². The minimum atomic E-state index is 0.727. The van der Waals surface area contributed by atoms with Crippen LogP contribution >= 0.6 is 0 Å². The lowest BCUT2D eigenvalue weighted by Crippen LogP contribution is -1.96. The Labute approximate surface area is 91.9 Å². The van der Waals surface area contributed by atoms with Gasteiger partial charge in [-0.25, -0.2) is 0 Å². The van der Waals surface area contributed by atoms with Gasteiger partial charge in [0.05, 0.1) is 0 Å². The average Bonchev–Trinajstić information content (AvgIpc) is 2.18. The summed E-state index contributed by atoms with van der Waals surface area (Å²) >= 11 is 0. The number of aryl methyl sites for hydroxylation is 1. The van der Waals surface area contributed by atoms with Crippen LogP contribution < -0.4 is 0 Å². The van der Waals surface area contributed by atoms with Crippen LogP contribution in [-0.4, -0.2) is 0 Å². The van der Waals surface area contributed by atoms with Gasteiger partial charge in [0.1, 0.15) is 0 Å². The maximum absolute atomic E-state index is 2.34. The third-order valence-electron chi connectivity index (χ3n) is 2.83. The molecule has 78 valence electrons. The molecule has 0 amide bonds. The van der Waals surface area contributed by atoms with Crippen LogP contribution in [0.3, 0.4) is 0 Å². The van der Waals surface area contributed by atoms with Crippen LogP contribution in [0.15, 0.2) is 36.4 Å². The highest BCUT2D eigenvalue weighted by atomic mass is 14.1. The molecule has 0 aliphatic rings. The van der Waals surface area contributed by atoms with E-state index in [1.54, 1.807) is 0 Å². The minimum Gasteiger partial charge on any atom is -0.0625 e. The molecule has 0 nitrogen and oxygen atoms in total. The molecule has 0 aliphatic heterocycles. The Balaban J connectivity index is 2.52. The van der Waals surface area contributed by atoms with Gasteiger partial charge in [-0.2, -0.15) is 0 Å². The molecule has 0 aromatic heterocycles. The molecule has 0 radical (unpaired) electrons. The molecule has 0 spiro atoms. The maximum Gasteiger partial charge on any atom is -0.0181 e. The highest BCUT2D eigenvalue weighted by Crippen LogP contribution is 2.21. The van der Waals surface area contributed by atoms with Crippen molar-refractivity contribution in [2.24, 2.45) is 5.92 Å². The summed E-state index contributed by atoms with van der Waals surface area (Å²) in [5, 5.41) is 2.71. The van der Waals surface area contributed by atoms with Crippen LogP contribution in [0.4, 0.5) is 0 Å². The first-order valence-electron chi connectivity index (χ1n) is 5.65. The van der Waals surface area contributed by atoms with Gasteiger partial charge >= 0.3 is 0 Å². The summed E-state index contributed by atoms with van der Waals surface area (Å²) < 4.78 is 0. The van der Waals surface area contributed by atoms with Crippen molar-refractivity contribution in [1.29, 1.82) is 0 Å². The first kappa shape index (κ1) is 10.2. The van der Waals surface area contributed by atoms with Gasteiger partial charge in [-0.05, 0) is 41.2 Å². The third kappa shape index (κ3) is 2.20. The van der Waals surface area contributed by atoms with Gasteiger partial charge in [-0.15, -0.1) is 0 Å². The highest BCUT2D eigenvalue weighted by Gasteiger charge is 2.03. The fourth-order valence-corrected chi connectivity index (χ4v) is 2.06. The summed E-state index contributed by atoms with van der Waals surface area (Å²) in [7, 11) is 0. The van der Waals surface area contributed by atoms with Crippen LogP contribution in [0.25, 0.3) is 10.8 Å². The van der Waals surface area contributed by atoms with Crippen molar-refractivity contribution in [3.8, 4) is 0 Å². The van der Waals surface area contributed by atoms with E-state index in [4.69, 9.17) is 0 Å². The third-order valence-corrected chi connectivity index (χ3v) is 2.83. The molecule has 2 rings (SSSR count). The molecule has 15 heavy (non-hydrogen) atoms. The summed E-state index contributed by atoms with van der Waals surface area (Å²) in [5.41, 5.74) is 2.91. The summed E-state index contributed by atoms with van der Waals surface area (Å²) in [6.45, 7) is 6.76. The predicted molar refractivity (Wildman–Crippen MR) is 67.2 cm³/mol. The number of hydrogen-bond acceptors (Lipinski definition) is 0. The molecule has 2 aromatic carbocycles. The molecular formula is C15H18. The molecule has 0 unspecified atom stereocenters. The molecule has 2 aromatic rings. The van der Waals surface area contributed by atoms with E-state index in [1.165, 1.54) is 28.3 Å². The van der Waals surface area contributed by atoms with E-state index in [-0.39, 0.29) is 0 Å². The minimum absolute atomic E-state index is 0.727. The zero-order valence-corrected chi connectivity index (χ0v) is 9.75.